The van der Waals surface area contributed by atoms with Crippen LogP contribution in [0.4, 0.5) is 4.39 Å². The van der Waals surface area contributed by atoms with Crippen LogP contribution in [0.25, 0.3) is 11.1 Å². The summed E-state index contributed by atoms with van der Waals surface area (Å²) in [6.07, 6.45) is 0.971. The Hall–Kier alpha value is -2.03. The molecule has 1 fully saturated rings. The van der Waals surface area contributed by atoms with Gasteiger partial charge >= 0.3 is 0 Å². The molecule has 0 unspecified atom stereocenters. The van der Waals surface area contributed by atoms with Gasteiger partial charge in [0.2, 0.25) is 16.0 Å². The lowest BCUT2D eigenvalue weighted by Crippen LogP contribution is -2.47. The maximum Gasteiger partial charge on any atom is 0.220 e. The van der Waals surface area contributed by atoms with Crippen molar-refractivity contribution in [3.05, 3.63) is 48.5 Å². The molecule has 2 aromatic rings. The molecule has 2 atom stereocenters. The van der Waals surface area contributed by atoms with Crippen molar-refractivity contribution >= 4 is 10.0 Å². The van der Waals surface area contributed by atoms with E-state index >= 15 is 0 Å². The first-order valence-corrected chi connectivity index (χ1v) is 9.88. The van der Waals surface area contributed by atoms with Gasteiger partial charge in [0.1, 0.15) is 11.9 Å². The second-order valence-electron chi connectivity index (χ2n) is 6.38. The number of rotatable bonds is 6. The van der Waals surface area contributed by atoms with Gasteiger partial charge in [0.05, 0.1) is 24.5 Å². The van der Waals surface area contributed by atoms with Crippen molar-refractivity contribution in [2.45, 2.75) is 31.2 Å². The minimum atomic E-state index is -3.41. The van der Waals surface area contributed by atoms with Crippen molar-refractivity contribution in [2.75, 3.05) is 13.2 Å². The number of aromatic nitrogens is 1. The highest BCUT2D eigenvalue weighted by molar-refractivity contribution is 7.90. The van der Waals surface area contributed by atoms with E-state index in [1.165, 1.54) is 6.20 Å². The topological polar surface area (TPSA) is 77.5 Å². The predicted molar refractivity (Wildman–Crippen MR) is 95.8 cm³/mol. The van der Waals surface area contributed by atoms with E-state index in [1.54, 1.807) is 50.2 Å². The summed E-state index contributed by atoms with van der Waals surface area (Å²) >= 11 is 0. The van der Waals surface area contributed by atoms with E-state index in [4.69, 9.17) is 9.47 Å². The lowest BCUT2D eigenvalue weighted by atomic mass is 10.1. The monoisotopic (exact) mass is 380 g/mol. The normalized spacial score (nSPS) is 20.5. The number of hydrogen-bond acceptors (Lipinski definition) is 5. The van der Waals surface area contributed by atoms with Crippen LogP contribution in [0.5, 0.6) is 5.75 Å². The number of ether oxygens (including phenoxy) is 2. The summed E-state index contributed by atoms with van der Waals surface area (Å²) in [4.78, 5) is 3.64. The highest BCUT2D eigenvalue weighted by atomic mass is 32.2. The molecule has 1 N–H and O–H groups in total. The summed E-state index contributed by atoms with van der Waals surface area (Å²) in [6, 6.07) is 9.78. The molecule has 3 rings (SSSR count). The van der Waals surface area contributed by atoms with Gasteiger partial charge in [-0.15, -0.1) is 0 Å². The van der Waals surface area contributed by atoms with Crippen molar-refractivity contribution in [2.24, 2.45) is 0 Å². The zero-order valence-corrected chi connectivity index (χ0v) is 15.4. The second-order valence-corrected chi connectivity index (χ2v) is 8.65. The van der Waals surface area contributed by atoms with Crippen molar-refractivity contribution in [1.82, 2.24) is 9.71 Å². The zero-order chi connectivity index (χ0) is 18.7. The van der Waals surface area contributed by atoms with Gasteiger partial charge in [0, 0.05) is 11.8 Å². The molecule has 0 saturated carbocycles. The van der Waals surface area contributed by atoms with Crippen LogP contribution in [0.15, 0.2) is 42.6 Å². The SMILES string of the molecule is CC(C)S(=O)(=O)N[C@@H]1COC[C@@H]1Oc1ccc(-c2cccnc2F)cc1. The Balaban J connectivity index is 1.70. The van der Waals surface area contributed by atoms with Crippen LogP contribution in [0, 0.1) is 5.95 Å². The summed E-state index contributed by atoms with van der Waals surface area (Å²) in [6.45, 7) is 3.79. The van der Waals surface area contributed by atoms with Gasteiger partial charge in [0.25, 0.3) is 0 Å². The molecule has 0 amide bonds. The van der Waals surface area contributed by atoms with Crippen LogP contribution in [0.3, 0.4) is 0 Å². The van der Waals surface area contributed by atoms with Crippen LogP contribution >= 0.6 is 0 Å². The van der Waals surface area contributed by atoms with Gasteiger partial charge in [-0.1, -0.05) is 12.1 Å². The Morgan fingerprint density at radius 2 is 1.96 bits per heavy atom. The van der Waals surface area contributed by atoms with E-state index < -0.39 is 33.4 Å². The van der Waals surface area contributed by atoms with E-state index in [0.717, 1.165) is 0 Å². The average molecular weight is 380 g/mol. The third kappa shape index (κ3) is 4.20. The maximum atomic E-state index is 13.8. The number of benzene rings is 1. The first-order valence-electron chi connectivity index (χ1n) is 8.33. The molecule has 1 aliphatic rings. The molecule has 0 aliphatic carbocycles. The van der Waals surface area contributed by atoms with Crippen LogP contribution in [0.1, 0.15) is 13.8 Å². The average Bonchev–Trinajstić information content (AvgIpc) is 3.02. The first-order chi connectivity index (χ1) is 12.4. The molecule has 0 radical (unpaired) electrons. The van der Waals surface area contributed by atoms with Gasteiger partial charge in [-0.05, 0) is 43.7 Å². The summed E-state index contributed by atoms with van der Waals surface area (Å²) in [5.74, 6) is 0.0239. The molecule has 1 aromatic carbocycles. The lowest BCUT2D eigenvalue weighted by molar-refractivity contribution is 0.140. The fourth-order valence-corrected chi connectivity index (χ4v) is 3.51. The van der Waals surface area contributed by atoms with Crippen molar-refractivity contribution in [1.29, 1.82) is 0 Å². The molecule has 1 saturated heterocycles. The van der Waals surface area contributed by atoms with Gasteiger partial charge < -0.3 is 9.47 Å². The molecule has 140 valence electrons. The molecule has 6 nitrogen and oxygen atoms in total. The highest BCUT2D eigenvalue weighted by Crippen LogP contribution is 2.25. The van der Waals surface area contributed by atoms with Crippen molar-refractivity contribution < 1.29 is 22.3 Å². The minimum Gasteiger partial charge on any atom is -0.486 e. The number of nitrogens with one attached hydrogen (secondary N) is 1. The van der Waals surface area contributed by atoms with E-state index in [-0.39, 0.29) is 6.61 Å². The third-order valence-electron chi connectivity index (χ3n) is 4.18. The second kappa shape index (κ2) is 7.69. The van der Waals surface area contributed by atoms with E-state index in [9.17, 15) is 12.8 Å². The standard InChI is InChI=1S/C18H21FN2O4S/c1-12(2)26(22,23)21-16-10-24-11-17(16)25-14-7-5-13(6-8-14)15-4-3-9-20-18(15)19/h3-9,12,16-17,21H,10-11H2,1-2H3/t16-,17+/m1/s1. The molecule has 1 aliphatic heterocycles. The molecular weight excluding hydrogens is 359 g/mol. The first kappa shape index (κ1) is 18.8. The molecule has 0 bridgehead atoms. The fourth-order valence-electron chi connectivity index (χ4n) is 2.60. The Bertz CT molecular complexity index is 856. The van der Waals surface area contributed by atoms with Gasteiger partial charge in [-0.2, -0.15) is 4.39 Å². The van der Waals surface area contributed by atoms with Crippen LogP contribution in [0.2, 0.25) is 0 Å². The van der Waals surface area contributed by atoms with Crippen molar-refractivity contribution in [3.8, 4) is 16.9 Å². The summed E-state index contributed by atoms with van der Waals surface area (Å²) in [7, 11) is -3.41. The summed E-state index contributed by atoms with van der Waals surface area (Å²) in [5.41, 5.74) is 1.09. The maximum absolute atomic E-state index is 13.8. The number of pyridine rings is 1. The largest absolute Gasteiger partial charge is 0.486 e. The smallest absolute Gasteiger partial charge is 0.220 e. The molecule has 8 heteroatoms. The predicted octanol–water partition coefficient (Wildman–Crippen LogP) is 2.36. The van der Waals surface area contributed by atoms with E-state index in [1.807, 2.05) is 0 Å². The fraction of sp³-hybridized carbons (Fsp3) is 0.389. The van der Waals surface area contributed by atoms with Crippen LogP contribution in [-0.2, 0) is 14.8 Å². The van der Waals surface area contributed by atoms with Gasteiger partial charge in [0.15, 0.2) is 0 Å². The highest BCUT2D eigenvalue weighted by Gasteiger charge is 2.34. The number of sulfonamides is 1. The molecular formula is C18H21FN2O4S. The summed E-state index contributed by atoms with van der Waals surface area (Å²) < 4.78 is 51.7. The number of halogens is 1. The van der Waals surface area contributed by atoms with E-state index in [2.05, 4.69) is 9.71 Å². The quantitative estimate of drug-likeness (QED) is 0.779. The minimum absolute atomic E-state index is 0.260. The molecule has 1 aromatic heterocycles. The zero-order valence-electron chi connectivity index (χ0n) is 14.6. The Labute approximate surface area is 152 Å². The molecule has 26 heavy (non-hydrogen) atoms. The van der Waals surface area contributed by atoms with Crippen molar-refractivity contribution in [3.63, 3.8) is 0 Å². The van der Waals surface area contributed by atoms with E-state index in [0.29, 0.717) is 23.5 Å². The molecule has 2 heterocycles. The Morgan fingerprint density at radius 3 is 2.62 bits per heavy atom. The summed E-state index contributed by atoms with van der Waals surface area (Å²) in [5, 5.41) is -0.530. The Morgan fingerprint density at radius 1 is 1.23 bits per heavy atom. The van der Waals surface area contributed by atoms with Crippen LogP contribution < -0.4 is 9.46 Å². The lowest BCUT2D eigenvalue weighted by Gasteiger charge is -2.21. The number of hydrogen-bond donors (Lipinski definition) is 1. The van der Waals surface area contributed by atoms with Gasteiger partial charge in [-0.25, -0.2) is 18.1 Å². The third-order valence-corrected chi connectivity index (χ3v) is 6.05. The molecule has 0 spiro atoms. The Kier molecular flexibility index (Phi) is 5.55. The van der Waals surface area contributed by atoms with Gasteiger partial charge in [-0.3, -0.25) is 0 Å². The van der Waals surface area contributed by atoms with Crippen LogP contribution in [-0.4, -0.2) is 44.0 Å². The number of nitrogens with zero attached hydrogens (tertiary/aromatic N) is 1.